The molecule has 0 fully saturated rings. The minimum absolute atomic E-state index is 0.0245. The summed E-state index contributed by atoms with van der Waals surface area (Å²) in [4.78, 5) is 27.5. The summed E-state index contributed by atoms with van der Waals surface area (Å²) >= 11 is 7.55. The number of nitrogens with one attached hydrogen (secondary N) is 1. The van der Waals surface area contributed by atoms with Crippen LogP contribution in [0.3, 0.4) is 0 Å². The first-order valence-corrected chi connectivity index (χ1v) is 11.4. The van der Waals surface area contributed by atoms with E-state index in [0.29, 0.717) is 23.7 Å². The van der Waals surface area contributed by atoms with E-state index in [2.05, 4.69) is 5.32 Å². The highest BCUT2D eigenvalue weighted by Gasteiger charge is 2.28. The molecular formula is C23H29ClN2O2S. The second-order valence-electron chi connectivity index (χ2n) is 7.21. The van der Waals surface area contributed by atoms with Gasteiger partial charge in [0.1, 0.15) is 6.04 Å². The Balaban J connectivity index is 2.11. The third-order valence-corrected chi connectivity index (χ3v) is 5.66. The van der Waals surface area contributed by atoms with E-state index in [0.717, 1.165) is 11.3 Å². The summed E-state index contributed by atoms with van der Waals surface area (Å²) in [6.45, 7) is 6.16. The van der Waals surface area contributed by atoms with Gasteiger partial charge in [0.05, 0.1) is 5.75 Å². The first kappa shape index (κ1) is 23.3. The maximum absolute atomic E-state index is 13.1. The molecule has 0 spiro atoms. The molecule has 1 N–H and O–H groups in total. The van der Waals surface area contributed by atoms with Crippen molar-refractivity contribution >= 4 is 35.2 Å². The van der Waals surface area contributed by atoms with Crippen LogP contribution in [0.25, 0.3) is 0 Å². The highest BCUT2D eigenvalue weighted by molar-refractivity contribution is 7.99. The van der Waals surface area contributed by atoms with Crippen LogP contribution in [-0.2, 0) is 21.9 Å². The van der Waals surface area contributed by atoms with Gasteiger partial charge in [0.2, 0.25) is 11.8 Å². The number of rotatable bonds is 10. The van der Waals surface area contributed by atoms with Crippen LogP contribution >= 0.6 is 23.4 Å². The van der Waals surface area contributed by atoms with E-state index < -0.39 is 6.04 Å². The van der Waals surface area contributed by atoms with Crippen molar-refractivity contribution in [3.05, 3.63) is 70.7 Å². The molecule has 0 aromatic heterocycles. The summed E-state index contributed by atoms with van der Waals surface area (Å²) in [7, 11) is 0. The third kappa shape index (κ3) is 7.75. The van der Waals surface area contributed by atoms with Gasteiger partial charge >= 0.3 is 0 Å². The molecule has 0 aliphatic carbocycles. The standard InChI is InChI=1S/C23H29ClN2O2S/c1-4-21(23(28)25-17(2)3)26(14-18-10-12-20(24)13-11-18)22(27)16-29-15-19-8-6-5-7-9-19/h5-13,17,21H,4,14-16H2,1-3H3,(H,25,28)/t21-/m0/s1. The molecule has 0 heterocycles. The maximum atomic E-state index is 13.1. The van der Waals surface area contributed by atoms with Crippen LogP contribution in [0.5, 0.6) is 0 Å². The quantitative estimate of drug-likeness (QED) is 0.580. The van der Waals surface area contributed by atoms with Crippen molar-refractivity contribution in [2.75, 3.05) is 5.75 Å². The summed E-state index contributed by atoms with van der Waals surface area (Å²) < 4.78 is 0. The molecule has 6 heteroatoms. The van der Waals surface area contributed by atoms with Crippen LogP contribution in [-0.4, -0.2) is 34.6 Å². The fourth-order valence-electron chi connectivity index (χ4n) is 3.00. The fourth-order valence-corrected chi connectivity index (χ4v) is 4.00. The zero-order chi connectivity index (χ0) is 21.2. The first-order valence-electron chi connectivity index (χ1n) is 9.86. The Morgan fingerprint density at radius 2 is 1.69 bits per heavy atom. The molecule has 2 aromatic rings. The molecule has 0 saturated carbocycles. The van der Waals surface area contributed by atoms with Crippen molar-refractivity contribution in [1.82, 2.24) is 10.2 Å². The summed E-state index contributed by atoms with van der Waals surface area (Å²) in [5.41, 5.74) is 2.13. The molecule has 4 nitrogen and oxygen atoms in total. The fraction of sp³-hybridized carbons (Fsp3) is 0.391. The number of benzene rings is 2. The van der Waals surface area contributed by atoms with Crippen molar-refractivity contribution in [1.29, 1.82) is 0 Å². The van der Waals surface area contributed by atoms with E-state index >= 15 is 0 Å². The summed E-state index contributed by atoms with van der Waals surface area (Å²) in [6, 6.07) is 17.0. The SMILES string of the molecule is CC[C@@H](C(=O)NC(C)C)N(Cc1ccc(Cl)cc1)C(=O)CSCc1ccccc1. The molecule has 156 valence electrons. The van der Waals surface area contributed by atoms with E-state index in [-0.39, 0.29) is 17.9 Å². The van der Waals surface area contributed by atoms with Gasteiger partial charge in [0, 0.05) is 23.4 Å². The lowest BCUT2D eigenvalue weighted by atomic mass is 10.1. The van der Waals surface area contributed by atoms with Crippen molar-refractivity contribution in [3.63, 3.8) is 0 Å². The monoisotopic (exact) mass is 432 g/mol. The largest absolute Gasteiger partial charge is 0.352 e. The Hall–Kier alpha value is -1.98. The van der Waals surface area contributed by atoms with Crippen LogP contribution in [0.15, 0.2) is 54.6 Å². The van der Waals surface area contributed by atoms with Crippen LogP contribution < -0.4 is 5.32 Å². The van der Waals surface area contributed by atoms with Gasteiger partial charge in [-0.2, -0.15) is 0 Å². The van der Waals surface area contributed by atoms with E-state index in [1.165, 1.54) is 5.56 Å². The molecule has 1 atom stereocenters. The van der Waals surface area contributed by atoms with Gasteiger partial charge < -0.3 is 10.2 Å². The summed E-state index contributed by atoms with van der Waals surface area (Å²) in [5, 5.41) is 3.59. The number of carbonyl (C=O) groups excluding carboxylic acids is 2. The van der Waals surface area contributed by atoms with E-state index in [9.17, 15) is 9.59 Å². The molecule has 29 heavy (non-hydrogen) atoms. The second-order valence-corrected chi connectivity index (χ2v) is 8.64. The van der Waals surface area contributed by atoms with Crippen LogP contribution in [0.2, 0.25) is 5.02 Å². The highest BCUT2D eigenvalue weighted by atomic mass is 35.5. The van der Waals surface area contributed by atoms with Crippen LogP contribution in [0, 0.1) is 0 Å². The number of hydrogen-bond donors (Lipinski definition) is 1. The molecule has 0 bridgehead atoms. The molecule has 0 radical (unpaired) electrons. The predicted octanol–water partition coefficient (Wildman–Crippen LogP) is 4.91. The summed E-state index contributed by atoms with van der Waals surface area (Å²) in [6.07, 6.45) is 0.557. The number of nitrogens with zero attached hydrogens (tertiary/aromatic N) is 1. The molecule has 0 unspecified atom stereocenters. The van der Waals surface area contributed by atoms with Gasteiger partial charge in [-0.3, -0.25) is 9.59 Å². The first-order chi connectivity index (χ1) is 13.9. The number of halogens is 1. The molecule has 2 rings (SSSR count). The van der Waals surface area contributed by atoms with E-state index in [4.69, 9.17) is 11.6 Å². The predicted molar refractivity (Wildman–Crippen MR) is 122 cm³/mol. The van der Waals surface area contributed by atoms with Crippen LogP contribution in [0.1, 0.15) is 38.3 Å². The number of amides is 2. The summed E-state index contributed by atoms with van der Waals surface area (Å²) in [5.74, 6) is 0.939. The maximum Gasteiger partial charge on any atom is 0.243 e. The smallest absolute Gasteiger partial charge is 0.243 e. The Bertz CT molecular complexity index is 781. The van der Waals surface area contributed by atoms with Gasteiger partial charge in [0.25, 0.3) is 0 Å². The third-order valence-electron chi connectivity index (χ3n) is 4.42. The van der Waals surface area contributed by atoms with Gasteiger partial charge in [-0.1, -0.05) is 61.0 Å². The molecule has 2 amide bonds. The average molecular weight is 433 g/mol. The van der Waals surface area contributed by atoms with Crippen LogP contribution in [0.4, 0.5) is 0 Å². The zero-order valence-corrected chi connectivity index (χ0v) is 18.8. The minimum atomic E-state index is -0.502. The second kappa shape index (κ2) is 11.9. The topological polar surface area (TPSA) is 49.4 Å². The lowest BCUT2D eigenvalue weighted by Gasteiger charge is -2.31. The number of thioether (sulfide) groups is 1. The Labute approximate surface area is 183 Å². The van der Waals surface area contributed by atoms with Gasteiger partial charge in [-0.15, -0.1) is 11.8 Å². The van der Waals surface area contributed by atoms with Gasteiger partial charge in [-0.05, 0) is 43.5 Å². The Morgan fingerprint density at radius 3 is 2.28 bits per heavy atom. The number of hydrogen-bond acceptors (Lipinski definition) is 3. The van der Waals surface area contributed by atoms with Gasteiger partial charge in [-0.25, -0.2) is 0 Å². The molecular weight excluding hydrogens is 404 g/mol. The lowest BCUT2D eigenvalue weighted by Crippen LogP contribution is -2.50. The van der Waals surface area contributed by atoms with Gasteiger partial charge in [0.15, 0.2) is 0 Å². The zero-order valence-electron chi connectivity index (χ0n) is 17.2. The van der Waals surface area contributed by atoms with Crippen molar-refractivity contribution in [2.45, 2.75) is 51.6 Å². The van der Waals surface area contributed by atoms with Crippen molar-refractivity contribution in [2.24, 2.45) is 0 Å². The highest BCUT2D eigenvalue weighted by Crippen LogP contribution is 2.18. The lowest BCUT2D eigenvalue weighted by molar-refractivity contribution is -0.139. The Kier molecular flexibility index (Phi) is 9.55. The minimum Gasteiger partial charge on any atom is -0.352 e. The average Bonchev–Trinajstić information content (AvgIpc) is 2.69. The Morgan fingerprint density at radius 1 is 1.03 bits per heavy atom. The van der Waals surface area contributed by atoms with Crippen molar-refractivity contribution < 1.29 is 9.59 Å². The van der Waals surface area contributed by atoms with E-state index in [1.54, 1.807) is 28.8 Å². The van der Waals surface area contributed by atoms with E-state index in [1.807, 2.05) is 63.2 Å². The molecule has 0 aliphatic rings. The molecule has 0 saturated heterocycles. The van der Waals surface area contributed by atoms with Crippen molar-refractivity contribution in [3.8, 4) is 0 Å². The normalized spacial score (nSPS) is 11.9. The molecule has 2 aromatic carbocycles. The molecule has 0 aliphatic heterocycles. The number of carbonyl (C=O) groups is 2.